The zero-order valence-electron chi connectivity index (χ0n) is 18.5. The third-order valence-corrected chi connectivity index (χ3v) is 7.35. The first-order valence-corrected chi connectivity index (χ1v) is 11.9. The van der Waals surface area contributed by atoms with Crippen LogP contribution in [-0.2, 0) is 23.4 Å². The third kappa shape index (κ3) is 3.82. The van der Waals surface area contributed by atoms with E-state index < -0.39 is 9.84 Å². The number of methoxy groups -OCH3 is 1. The molecule has 0 amide bonds. The van der Waals surface area contributed by atoms with Gasteiger partial charge in [0.25, 0.3) is 5.56 Å². The van der Waals surface area contributed by atoms with Gasteiger partial charge in [-0.2, -0.15) is 0 Å². The Morgan fingerprint density at radius 3 is 2.44 bits per heavy atom. The van der Waals surface area contributed by atoms with E-state index in [1.807, 2.05) is 47.9 Å². The van der Waals surface area contributed by atoms with Crippen molar-refractivity contribution in [3.8, 4) is 16.9 Å². The van der Waals surface area contributed by atoms with Crippen molar-refractivity contribution in [3.05, 3.63) is 76.5 Å². The van der Waals surface area contributed by atoms with Crippen LogP contribution < -0.4 is 10.3 Å². The van der Waals surface area contributed by atoms with Gasteiger partial charge in [0.05, 0.1) is 23.3 Å². The van der Waals surface area contributed by atoms with Crippen LogP contribution in [0.15, 0.2) is 64.4 Å². The second kappa shape index (κ2) is 8.27. The van der Waals surface area contributed by atoms with Crippen LogP contribution >= 0.6 is 0 Å². The molecular weight excluding hydrogens is 426 g/mol. The lowest BCUT2D eigenvalue weighted by Gasteiger charge is -2.12. The van der Waals surface area contributed by atoms with E-state index in [0.717, 1.165) is 16.9 Å². The number of sulfone groups is 1. The maximum absolute atomic E-state index is 13.0. The first-order chi connectivity index (χ1) is 15.2. The molecule has 0 aliphatic carbocycles. The molecule has 0 aliphatic rings. The van der Waals surface area contributed by atoms with Gasteiger partial charge < -0.3 is 13.9 Å². The smallest absolute Gasteiger partial charge is 0.292 e. The number of rotatable bonds is 6. The van der Waals surface area contributed by atoms with Crippen LogP contribution in [0.4, 0.5) is 0 Å². The Labute approximate surface area is 186 Å². The minimum Gasteiger partial charge on any atom is -0.491 e. The molecule has 0 N–H and O–H groups in total. The summed E-state index contributed by atoms with van der Waals surface area (Å²) in [5.74, 6) is 0.887. The van der Waals surface area contributed by atoms with Crippen LogP contribution in [0, 0.1) is 6.92 Å². The minimum absolute atomic E-state index is 0.0350. The van der Waals surface area contributed by atoms with Gasteiger partial charge in [-0.05, 0) is 36.2 Å². The molecule has 0 bridgehead atoms. The average molecular weight is 452 g/mol. The number of aromatic nitrogens is 3. The topological polar surface area (TPSA) is 83.2 Å². The number of aryl methyl sites for hydroxylation is 2. The van der Waals surface area contributed by atoms with E-state index in [4.69, 9.17) is 4.74 Å². The fraction of sp³-hybridized carbons (Fsp3) is 0.250. The molecule has 7 nitrogen and oxygen atoms in total. The molecule has 0 unspecified atom stereocenters. The molecule has 4 aromatic rings. The fourth-order valence-corrected chi connectivity index (χ4v) is 4.88. The van der Waals surface area contributed by atoms with Gasteiger partial charge in [-0.15, -0.1) is 0 Å². The lowest BCUT2D eigenvalue weighted by Crippen LogP contribution is -2.17. The largest absolute Gasteiger partial charge is 0.491 e. The summed E-state index contributed by atoms with van der Waals surface area (Å²) in [5.41, 5.74) is 3.37. The summed E-state index contributed by atoms with van der Waals surface area (Å²) in [7, 11) is -0.462. The predicted octanol–water partition coefficient (Wildman–Crippen LogP) is 3.56. The highest BCUT2D eigenvalue weighted by Crippen LogP contribution is 2.32. The highest BCUT2D eigenvalue weighted by molar-refractivity contribution is 7.91. The average Bonchev–Trinajstić information content (AvgIpc) is 3.10. The number of ether oxygens (including phenoxy) is 1. The van der Waals surface area contributed by atoms with Gasteiger partial charge in [0.2, 0.25) is 0 Å². The van der Waals surface area contributed by atoms with Gasteiger partial charge in [0.15, 0.2) is 15.6 Å². The molecule has 4 rings (SSSR count). The van der Waals surface area contributed by atoms with Crippen LogP contribution in [0.1, 0.15) is 18.3 Å². The zero-order chi connectivity index (χ0) is 23.0. The predicted molar refractivity (Wildman–Crippen MR) is 125 cm³/mol. The lowest BCUT2D eigenvalue weighted by atomic mass is 10.1. The summed E-state index contributed by atoms with van der Waals surface area (Å²) in [5, 5.41) is 0. The molecule has 0 spiro atoms. The van der Waals surface area contributed by atoms with Gasteiger partial charge in [0, 0.05) is 25.4 Å². The first kappa shape index (κ1) is 21.8. The van der Waals surface area contributed by atoms with Crippen molar-refractivity contribution in [2.75, 3.05) is 12.9 Å². The maximum atomic E-state index is 13.0. The van der Waals surface area contributed by atoms with Gasteiger partial charge in [-0.25, -0.2) is 13.4 Å². The Bertz CT molecular complexity index is 1470. The normalized spacial score (nSPS) is 11.8. The van der Waals surface area contributed by atoms with E-state index in [1.54, 1.807) is 32.3 Å². The van der Waals surface area contributed by atoms with Crippen LogP contribution in [0.3, 0.4) is 0 Å². The molecule has 0 fully saturated rings. The molecule has 0 saturated heterocycles. The van der Waals surface area contributed by atoms with Crippen molar-refractivity contribution in [1.29, 1.82) is 0 Å². The standard InChI is InChI=1S/C24H25N3O4S/c1-5-32(29,30)22-13-18(19-12-21(31-4)24(28)26(3)15-19)11-20-23(22)25-16(2)27(20)14-17-9-7-6-8-10-17/h6-13,15H,5,14H2,1-4H3. The second-order valence-electron chi connectivity index (χ2n) is 7.69. The van der Waals surface area contributed by atoms with Crippen molar-refractivity contribution in [3.63, 3.8) is 0 Å². The molecule has 32 heavy (non-hydrogen) atoms. The molecule has 0 radical (unpaired) electrons. The monoisotopic (exact) mass is 451 g/mol. The van der Waals surface area contributed by atoms with E-state index in [-0.39, 0.29) is 22.0 Å². The Hall–Kier alpha value is -3.39. The van der Waals surface area contributed by atoms with Crippen molar-refractivity contribution in [2.45, 2.75) is 25.3 Å². The zero-order valence-corrected chi connectivity index (χ0v) is 19.3. The molecule has 8 heteroatoms. The molecule has 0 aliphatic heterocycles. The van der Waals surface area contributed by atoms with Crippen LogP contribution in [-0.4, -0.2) is 35.4 Å². The summed E-state index contributed by atoms with van der Waals surface area (Å²) in [6.45, 7) is 4.06. The highest BCUT2D eigenvalue weighted by atomic mass is 32.2. The Morgan fingerprint density at radius 1 is 1.06 bits per heavy atom. The summed E-state index contributed by atoms with van der Waals surface area (Å²) >= 11 is 0. The number of hydrogen-bond acceptors (Lipinski definition) is 5. The van der Waals surface area contributed by atoms with Crippen molar-refractivity contribution in [1.82, 2.24) is 14.1 Å². The van der Waals surface area contributed by atoms with Crippen molar-refractivity contribution < 1.29 is 13.2 Å². The molecule has 166 valence electrons. The van der Waals surface area contributed by atoms with E-state index in [0.29, 0.717) is 23.2 Å². The van der Waals surface area contributed by atoms with Gasteiger partial charge in [-0.3, -0.25) is 4.79 Å². The quantitative estimate of drug-likeness (QED) is 0.448. The lowest BCUT2D eigenvalue weighted by molar-refractivity contribution is 0.405. The van der Waals surface area contributed by atoms with Gasteiger partial charge in [-0.1, -0.05) is 37.3 Å². The molecule has 0 saturated carbocycles. The Morgan fingerprint density at radius 2 is 1.78 bits per heavy atom. The number of pyridine rings is 1. The Kier molecular flexibility index (Phi) is 5.64. The van der Waals surface area contributed by atoms with Crippen molar-refractivity contribution in [2.24, 2.45) is 7.05 Å². The Balaban J connectivity index is 2.02. The van der Waals surface area contributed by atoms with E-state index >= 15 is 0 Å². The van der Waals surface area contributed by atoms with E-state index in [9.17, 15) is 13.2 Å². The molecule has 2 aromatic carbocycles. The second-order valence-corrected chi connectivity index (χ2v) is 9.94. The highest BCUT2D eigenvalue weighted by Gasteiger charge is 2.22. The van der Waals surface area contributed by atoms with Crippen LogP contribution in [0.2, 0.25) is 0 Å². The van der Waals surface area contributed by atoms with Gasteiger partial charge >= 0.3 is 0 Å². The fourth-order valence-electron chi connectivity index (χ4n) is 3.82. The number of imidazole rings is 1. The van der Waals surface area contributed by atoms with Crippen LogP contribution in [0.5, 0.6) is 5.75 Å². The number of benzene rings is 2. The summed E-state index contributed by atoms with van der Waals surface area (Å²) in [6, 6.07) is 15.1. The first-order valence-electron chi connectivity index (χ1n) is 10.3. The number of fused-ring (bicyclic) bond motifs is 1. The van der Waals surface area contributed by atoms with Gasteiger partial charge in [0.1, 0.15) is 11.3 Å². The van der Waals surface area contributed by atoms with Crippen LogP contribution in [0.25, 0.3) is 22.2 Å². The summed E-state index contributed by atoms with van der Waals surface area (Å²) < 4.78 is 34.7. The maximum Gasteiger partial charge on any atom is 0.292 e. The van der Waals surface area contributed by atoms with E-state index in [1.165, 1.54) is 11.7 Å². The third-order valence-electron chi connectivity index (χ3n) is 5.61. The van der Waals surface area contributed by atoms with Crippen molar-refractivity contribution >= 4 is 20.9 Å². The molecule has 0 atom stereocenters. The number of hydrogen-bond donors (Lipinski definition) is 0. The molecule has 2 heterocycles. The van der Waals surface area contributed by atoms with E-state index in [2.05, 4.69) is 4.98 Å². The minimum atomic E-state index is -3.54. The summed E-state index contributed by atoms with van der Waals surface area (Å²) in [6.07, 6.45) is 1.68. The molecular formula is C24H25N3O4S. The summed E-state index contributed by atoms with van der Waals surface area (Å²) in [4.78, 5) is 17.1. The number of nitrogens with zero attached hydrogens (tertiary/aromatic N) is 3. The SMILES string of the molecule is CCS(=O)(=O)c1cc(-c2cc(OC)c(=O)n(C)c2)cc2c1nc(C)n2Cc1ccccc1. The molecule has 2 aromatic heterocycles.